The highest BCUT2D eigenvalue weighted by atomic mass is 16.4. The van der Waals surface area contributed by atoms with E-state index in [-0.39, 0.29) is 11.9 Å². The number of likely N-dealkylation sites (tertiary alicyclic amines) is 1. The molecule has 1 amide bonds. The first-order chi connectivity index (χ1) is 12.3. The normalized spacial score (nSPS) is 21.6. The molecule has 5 heteroatoms. The fourth-order valence-corrected chi connectivity index (χ4v) is 3.74. The maximum atomic E-state index is 12.8. The summed E-state index contributed by atoms with van der Waals surface area (Å²) in [5.41, 5.74) is 1.22. The zero-order valence-corrected chi connectivity index (χ0v) is 14.5. The summed E-state index contributed by atoms with van der Waals surface area (Å²) in [7, 11) is 0. The van der Waals surface area contributed by atoms with Gasteiger partial charge in [0.25, 0.3) is 5.91 Å². The molecule has 0 bridgehead atoms. The van der Waals surface area contributed by atoms with Gasteiger partial charge in [-0.05, 0) is 43.6 Å². The maximum Gasteiger partial charge on any atom is 0.289 e. The third-order valence-corrected chi connectivity index (χ3v) is 5.12. The molecule has 3 heterocycles. The van der Waals surface area contributed by atoms with Gasteiger partial charge in [0.15, 0.2) is 5.76 Å². The number of hydrogen-bond acceptors (Lipinski definition) is 4. The summed E-state index contributed by atoms with van der Waals surface area (Å²) in [6, 6.07) is 14.2. The molecule has 1 N–H and O–H groups in total. The Hall–Kier alpha value is -2.11. The fraction of sp³-hybridized carbons (Fsp3) is 0.450. The monoisotopic (exact) mass is 339 g/mol. The Morgan fingerprint density at radius 3 is 2.68 bits per heavy atom. The highest BCUT2D eigenvalue weighted by Crippen LogP contribution is 2.20. The van der Waals surface area contributed by atoms with Crippen LogP contribution in [0.3, 0.4) is 0 Å². The molecule has 2 aliphatic rings. The van der Waals surface area contributed by atoms with Crippen LogP contribution in [-0.4, -0.2) is 48.4 Å². The SMILES string of the molecule is O=C(c1ccc(CN2CCCC2)o1)N1CCN[C@H](c2ccccc2)C1. The van der Waals surface area contributed by atoms with E-state index in [1.54, 1.807) is 0 Å². The second-order valence-corrected chi connectivity index (χ2v) is 6.92. The lowest BCUT2D eigenvalue weighted by Gasteiger charge is -2.33. The Morgan fingerprint density at radius 2 is 1.88 bits per heavy atom. The van der Waals surface area contributed by atoms with Gasteiger partial charge in [-0.2, -0.15) is 0 Å². The molecule has 0 saturated carbocycles. The summed E-state index contributed by atoms with van der Waals surface area (Å²) < 4.78 is 5.85. The number of nitrogens with zero attached hydrogens (tertiary/aromatic N) is 2. The van der Waals surface area contributed by atoms with Crippen molar-refractivity contribution in [1.29, 1.82) is 0 Å². The number of furan rings is 1. The highest BCUT2D eigenvalue weighted by molar-refractivity contribution is 5.91. The molecule has 0 aliphatic carbocycles. The molecule has 5 nitrogen and oxygen atoms in total. The Balaban J connectivity index is 1.41. The minimum absolute atomic E-state index is 0.00453. The lowest BCUT2D eigenvalue weighted by Crippen LogP contribution is -2.48. The van der Waals surface area contributed by atoms with Gasteiger partial charge in [-0.1, -0.05) is 30.3 Å². The molecule has 2 aromatic rings. The van der Waals surface area contributed by atoms with E-state index in [2.05, 4.69) is 22.3 Å². The number of benzene rings is 1. The van der Waals surface area contributed by atoms with Crippen LogP contribution < -0.4 is 5.32 Å². The van der Waals surface area contributed by atoms with E-state index in [0.29, 0.717) is 18.8 Å². The van der Waals surface area contributed by atoms with Crippen LogP contribution in [0.1, 0.15) is 40.8 Å². The molecule has 1 aromatic carbocycles. The van der Waals surface area contributed by atoms with Crippen LogP contribution in [0.15, 0.2) is 46.9 Å². The van der Waals surface area contributed by atoms with Crippen LogP contribution >= 0.6 is 0 Å². The lowest BCUT2D eigenvalue weighted by atomic mass is 10.0. The summed E-state index contributed by atoms with van der Waals surface area (Å²) >= 11 is 0. The molecule has 2 fully saturated rings. The molecule has 2 saturated heterocycles. The van der Waals surface area contributed by atoms with E-state index in [1.165, 1.54) is 18.4 Å². The van der Waals surface area contributed by atoms with Gasteiger partial charge in [0.2, 0.25) is 0 Å². The molecule has 25 heavy (non-hydrogen) atoms. The largest absolute Gasteiger partial charge is 0.455 e. The van der Waals surface area contributed by atoms with Crippen LogP contribution in [0.25, 0.3) is 0 Å². The molecule has 1 atom stereocenters. The van der Waals surface area contributed by atoms with Gasteiger partial charge in [-0.15, -0.1) is 0 Å². The maximum absolute atomic E-state index is 12.8. The first-order valence-corrected chi connectivity index (χ1v) is 9.18. The van der Waals surface area contributed by atoms with E-state index >= 15 is 0 Å². The standard InChI is InChI=1S/C20H25N3O2/c24-20(19-9-8-17(25-19)14-22-11-4-5-12-22)23-13-10-21-18(15-23)16-6-2-1-3-7-16/h1-3,6-9,18,21H,4-5,10-15H2/t18-/m0/s1. The zero-order valence-electron chi connectivity index (χ0n) is 14.5. The van der Waals surface area contributed by atoms with Crippen molar-refractivity contribution in [3.8, 4) is 0 Å². The average molecular weight is 339 g/mol. The quantitative estimate of drug-likeness (QED) is 0.930. The molecule has 0 spiro atoms. The molecular weight excluding hydrogens is 314 g/mol. The van der Waals surface area contributed by atoms with Gasteiger partial charge in [-0.25, -0.2) is 0 Å². The Morgan fingerprint density at radius 1 is 1.08 bits per heavy atom. The third-order valence-electron chi connectivity index (χ3n) is 5.12. The number of piperazine rings is 1. The van der Waals surface area contributed by atoms with Crippen molar-refractivity contribution in [2.45, 2.75) is 25.4 Å². The summed E-state index contributed by atoms with van der Waals surface area (Å²) in [5.74, 6) is 1.35. The van der Waals surface area contributed by atoms with E-state index < -0.39 is 0 Å². The Kier molecular flexibility index (Phi) is 4.85. The van der Waals surface area contributed by atoms with Crippen molar-refractivity contribution in [1.82, 2.24) is 15.1 Å². The fourth-order valence-electron chi connectivity index (χ4n) is 3.74. The first-order valence-electron chi connectivity index (χ1n) is 9.18. The Labute approximate surface area is 148 Å². The van der Waals surface area contributed by atoms with E-state index in [4.69, 9.17) is 4.42 Å². The van der Waals surface area contributed by atoms with Crippen LogP contribution in [0.4, 0.5) is 0 Å². The highest BCUT2D eigenvalue weighted by Gasteiger charge is 2.27. The number of carbonyl (C=O) groups excluding carboxylic acids is 1. The molecule has 0 unspecified atom stereocenters. The van der Waals surface area contributed by atoms with Crippen LogP contribution in [-0.2, 0) is 6.54 Å². The third kappa shape index (κ3) is 3.78. The molecule has 1 aromatic heterocycles. The molecule has 4 rings (SSSR count). The van der Waals surface area contributed by atoms with Gasteiger partial charge >= 0.3 is 0 Å². The molecule has 2 aliphatic heterocycles. The average Bonchev–Trinajstić information content (AvgIpc) is 3.34. The van der Waals surface area contributed by atoms with Gasteiger partial charge in [-0.3, -0.25) is 9.69 Å². The van der Waals surface area contributed by atoms with Gasteiger partial charge in [0.1, 0.15) is 5.76 Å². The number of rotatable bonds is 4. The van der Waals surface area contributed by atoms with Crippen LogP contribution in [0.5, 0.6) is 0 Å². The lowest BCUT2D eigenvalue weighted by molar-refractivity contribution is 0.0667. The number of hydrogen-bond donors (Lipinski definition) is 1. The zero-order chi connectivity index (χ0) is 17.1. The van der Waals surface area contributed by atoms with Crippen molar-refractivity contribution in [3.63, 3.8) is 0 Å². The number of carbonyl (C=O) groups is 1. The minimum atomic E-state index is -0.00453. The second kappa shape index (κ2) is 7.42. The van der Waals surface area contributed by atoms with Gasteiger partial charge < -0.3 is 14.6 Å². The van der Waals surface area contributed by atoms with Crippen LogP contribution in [0.2, 0.25) is 0 Å². The first kappa shape index (κ1) is 16.4. The molecular formula is C20H25N3O2. The van der Waals surface area contributed by atoms with Gasteiger partial charge in [0, 0.05) is 25.7 Å². The van der Waals surface area contributed by atoms with E-state index in [9.17, 15) is 4.79 Å². The predicted molar refractivity (Wildman–Crippen MR) is 96.3 cm³/mol. The van der Waals surface area contributed by atoms with Crippen molar-refractivity contribution in [2.24, 2.45) is 0 Å². The summed E-state index contributed by atoms with van der Waals surface area (Å²) in [5, 5.41) is 3.49. The van der Waals surface area contributed by atoms with Crippen molar-refractivity contribution < 1.29 is 9.21 Å². The van der Waals surface area contributed by atoms with Gasteiger partial charge in [0.05, 0.1) is 6.54 Å². The molecule has 132 valence electrons. The van der Waals surface area contributed by atoms with Crippen molar-refractivity contribution in [3.05, 3.63) is 59.5 Å². The minimum Gasteiger partial charge on any atom is -0.455 e. The Bertz CT molecular complexity index is 707. The summed E-state index contributed by atoms with van der Waals surface area (Å²) in [6.45, 7) is 5.24. The van der Waals surface area contributed by atoms with Crippen molar-refractivity contribution in [2.75, 3.05) is 32.7 Å². The molecule has 0 radical (unpaired) electrons. The second-order valence-electron chi connectivity index (χ2n) is 6.92. The topological polar surface area (TPSA) is 48.7 Å². The van der Waals surface area contributed by atoms with E-state index in [0.717, 1.165) is 31.9 Å². The summed E-state index contributed by atoms with van der Waals surface area (Å²) in [4.78, 5) is 17.1. The number of nitrogens with one attached hydrogen (secondary N) is 1. The van der Waals surface area contributed by atoms with Crippen LogP contribution in [0, 0.1) is 0 Å². The predicted octanol–water partition coefficient (Wildman–Crippen LogP) is 2.66. The smallest absolute Gasteiger partial charge is 0.289 e. The van der Waals surface area contributed by atoms with E-state index in [1.807, 2.05) is 35.2 Å². The summed E-state index contributed by atoms with van der Waals surface area (Å²) in [6.07, 6.45) is 2.52. The van der Waals surface area contributed by atoms with Crippen molar-refractivity contribution >= 4 is 5.91 Å². The number of amides is 1.